The summed E-state index contributed by atoms with van der Waals surface area (Å²) >= 11 is 0. The number of benzene rings is 2. The van der Waals surface area contributed by atoms with Gasteiger partial charge in [-0.3, -0.25) is 9.59 Å². The molecular formula is C27H33FN4O5. The maximum absolute atomic E-state index is 13.5. The van der Waals surface area contributed by atoms with Gasteiger partial charge in [0.1, 0.15) is 17.7 Å². The number of hydrogen-bond donors (Lipinski definition) is 3. The van der Waals surface area contributed by atoms with Crippen molar-refractivity contribution >= 4 is 29.2 Å². The third-order valence-electron chi connectivity index (χ3n) is 6.78. The summed E-state index contributed by atoms with van der Waals surface area (Å²) in [4.78, 5) is 41.6. The van der Waals surface area contributed by atoms with Gasteiger partial charge >= 0.3 is 6.03 Å². The standard InChI is InChI=1S/C27H33FN4O5/c1-16-13-32(17(2)15-33)26(35)22-12-21(29-25(34)18-4-5-18)10-11-23(22)37-24(16)14-31(3)27(36)30-20-8-6-19(28)7-9-20/h6-12,16-18,24,33H,4-5,13-15H2,1-3H3,(H,29,34)(H,30,36)/t16-,17-,24+/m1/s1. The van der Waals surface area contributed by atoms with Crippen molar-refractivity contribution in [2.24, 2.45) is 11.8 Å². The number of hydrogen-bond acceptors (Lipinski definition) is 5. The van der Waals surface area contributed by atoms with Crippen LogP contribution in [0.2, 0.25) is 0 Å². The summed E-state index contributed by atoms with van der Waals surface area (Å²) in [6, 6.07) is 9.61. The highest BCUT2D eigenvalue weighted by molar-refractivity contribution is 6.00. The molecule has 1 aliphatic carbocycles. The van der Waals surface area contributed by atoms with Gasteiger partial charge in [0, 0.05) is 36.8 Å². The van der Waals surface area contributed by atoms with E-state index in [2.05, 4.69) is 10.6 Å². The maximum Gasteiger partial charge on any atom is 0.321 e. The van der Waals surface area contributed by atoms with Gasteiger partial charge in [-0.2, -0.15) is 0 Å². The van der Waals surface area contributed by atoms with Crippen molar-refractivity contribution in [1.29, 1.82) is 0 Å². The molecule has 37 heavy (non-hydrogen) atoms. The molecule has 0 aromatic heterocycles. The number of carbonyl (C=O) groups is 3. The number of anilines is 2. The number of likely N-dealkylation sites (N-methyl/N-ethyl adjacent to an activating group) is 1. The van der Waals surface area contributed by atoms with E-state index < -0.39 is 18.0 Å². The topological polar surface area (TPSA) is 111 Å². The molecule has 3 N–H and O–H groups in total. The molecule has 0 unspecified atom stereocenters. The van der Waals surface area contributed by atoms with Crippen LogP contribution in [0.25, 0.3) is 0 Å². The van der Waals surface area contributed by atoms with Gasteiger partial charge in [0.2, 0.25) is 5.91 Å². The Kier molecular flexibility index (Phi) is 7.97. The smallest absolute Gasteiger partial charge is 0.321 e. The molecule has 4 amide bonds. The summed E-state index contributed by atoms with van der Waals surface area (Å²) in [6.45, 7) is 4.00. The molecule has 10 heteroatoms. The highest BCUT2D eigenvalue weighted by atomic mass is 19.1. The van der Waals surface area contributed by atoms with E-state index in [0.717, 1.165) is 12.8 Å². The Bertz CT molecular complexity index is 1150. The lowest BCUT2D eigenvalue weighted by molar-refractivity contribution is -0.117. The second-order valence-corrected chi connectivity index (χ2v) is 9.91. The molecule has 1 saturated carbocycles. The summed E-state index contributed by atoms with van der Waals surface area (Å²) in [5, 5.41) is 15.4. The first-order valence-corrected chi connectivity index (χ1v) is 12.5. The summed E-state index contributed by atoms with van der Waals surface area (Å²) in [5.41, 5.74) is 1.25. The Morgan fingerprint density at radius 2 is 1.84 bits per heavy atom. The average molecular weight is 513 g/mol. The summed E-state index contributed by atoms with van der Waals surface area (Å²) in [6.07, 6.45) is 1.25. The molecule has 4 rings (SSSR count). The van der Waals surface area contributed by atoms with Crippen molar-refractivity contribution in [3.8, 4) is 5.75 Å². The van der Waals surface area contributed by atoms with Crippen LogP contribution in [-0.4, -0.2) is 71.6 Å². The third-order valence-corrected chi connectivity index (χ3v) is 6.78. The quantitative estimate of drug-likeness (QED) is 0.525. The molecule has 1 aliphatic heterocycles. The minimum Gasteiger partial charge on any atom is -0.487 e. The summed E-state index contributed by atoms with van der Waals surface area (Å²) in [5.74, 6) is -0.586. The molecule has 1 fully saturated rings. The molecule has 2 aliphatic rings. The van der Waals surface area contributed by atoms with E-state index >= 15 is 0 Å². The SMILES string of the molecule is C[C@@H]1CN([C@H](C)CO)C(=O)c2cc(NC(=O)C3CC3)ccc2O[C@H]1CN(C)C(=O)Nc1ccc(F)cc1. The van der Waals surface area contributed by atoms with Crippen molar-refractivity contribution in [2.75, 3.05) is 37.4 Å². The van der Waals surface area contributed by atoms with E-state index in [9.17, 15) is 23.9 Å². The molecular weight excluding hydrogens is 479 g/mol. The van der Waals surface area contributed by atoms with Gasteiger partial charge in [0.15, 0.2) is 0 Å². The van der Waals surface area contributed by atoms with Crippen molar-refractivity contribution in [3.63, 3.8) is 0 Å². The average Bonchev–Trinajstić information content (AvgIpc) is 3.73. The van der Waals surface area contributed by atoms with Gasteiger partial charge in [-0.15, -0.1) is 0 Å². The van der Waals surface area contributed by atoms with Crippen molar-refractivity contribution in [1.82, 2.24) is 9.80 Å². The number of fused-ring (bicyclic) bond motifs is 1. The van der Waals surface area contributed by atoms with Crippen molar-refractivity contribution in [2.45, 2.75) is 38.8 Å². The van der Waals surface area contributed by atoms with E-state index in [1.54, 1.807) is 37.1 Å². The van der Waals surface area contributed by atoms with Crippen LogP contribution in [0.3, 0.4) is 0 Å². The van der Waals surface area contributed by atoms with Gasteiger partial charge in [-0.25, -0.2) is 9.18 Å². The van der Waals surface area contributed by atoms with E-state index in [1.165, 1.54) is 29.2 Å². The lowest BCUT2D eigenvalue weighted by atomic mass is 9.99. The Morgan fingerprint density at radius 3 is 2.49 bits per heavy atom. The number of urea groups is 1. The maximum atomic E-state index is 13.5. The van der Waals surface area contributed by atoms with E-state index in [0.29, 0.717) is 23.7 Å². The van der Waals surface area contributed by atoms with Crippen LogP contribution in [0.1, 0.15) is 37.0 Å². The normalized spacial score (nSPS) is 20.1. The number of carbonyl (C=O) groups excluding carboxylic acids is 3. The second kappa shape index (κ2) is 11.2. The number of aliphatic hydroxyl groups is 1. The minimum atomic E-state index is -0.476. The van der Waals surface area contributed by atoms with Crippen molar-refractivity contribution in [3.05, 3.63) is 53.8 Å². The first-order chi connectivity index (χ1) is 17.7. The van der Waals surface area contributed by atoms with Crippen LogP contribution in [0.4, 0.5) is 20.6 Å². The largest absolute Gasteiger partial charge is 0.487 e. The van der Waals surface area contributed by atoms with E-state index in [-0.39, 0.29) is 48.4 Å². The Hall–Kier alpha value is -3.66. The lowest BCUT2D eigenvalue weighted by Gasteiger charge is -2.38. The van der Waals surface area contributed by atoms with Crippen LogP contribution in [0.5, 0.6) is 5.75 Å². The predicted molar refractivity (Wildman–Crippen MR) is 137 cm³/mol. The lowest BCUT2D eigenvalue weighted by Crippen LogP contribution is -2.50. The number of ether oxygens (including phenoxy) is 1. The van der Waals surface area contributed by atoms with Crippen LogP contribution < -0.4 is 15.4 Å². The molecule has 9 nitrogen and oxygen atoms in total. The van der Waals surface area contributed by atoms with Crippen molar-refractivity contribution < 1.29 is 28.6 Å². The van der Waals surface area contributed by atoms with Crippen LogP contribution in [-0.2, 0) is 4.79 Å². The molecule has 0 bridgehead atoms. The summed E-state index contributed by atoms with van der Waals surface area (Å²) < 4.78 is 19.5. The number of rotatable bonds is 7. The second-order valence-electron chi connectivity index (χ2n) is 9.91. The fraction of sp³-hybridized carbons (Fsp3) is 0.444. The van der Waals surface area contributed by atoms with Crippen LogP contribution in [0, 0.1) is 17.7 Å². The van der Waals surface area contributed by atoms with Crippen LogP contribution >= 0.6 is 0 Å². The third kappa shape index (κ3) is 6.37. The predicted octanol–water partition coefficient (Wildman–Crippen LogP) is 3.56. The number of amides is 4. The van der Waals surface area contributed by atoms with Crippen LogP contribution in [0.15, 0.2) is 42.5 Å². The van der Waals surface area contributed by atoms with Gasteiger partial charge < -0.3 is 30.3 Å². The number of halogens is 1. The number of aliphatic hydroxyl groups excluding tert-OH is 1. The molecule has 2 aromatic carbocycles. The molecule has 198 valence electrons. The monoisotopic (exact) mass is 512 g/mol. The number of nitrogens with zero attached hydrogens (tertiary/aromatic N) is 2. The molecule has 1 heterocycles. The first-order valence-electron chi connectivity index (χ1n) is 12.5. The first kappa shape index (κ1) is 26.4. The highest BCUT2D eigenvalue weighted by Gasteiger charge is 2.35. The van der Waals surface area contributed by atoms with Gasteiger partial charge in [0.05, 0.1) is 24.8 Å². The Morgan fingerprint density at radius 1 is 1.16 bits per heavy atom. The Balaban J connectivity index is 1.56. The Labute approximate surface area is 215 Å². The fourth-order valence-electron chi connectivity index (χ4n) is 4.21. The number of nitrogens with one attached hydrogen (secondary N) is 2. The van der Waals surface area contributed by atoms with E-state index in [4.69, 9.17) is 4.74 Å². The molecule has 3 atom stereocenters. The zero-order chi connectivity index (χ0) is 26.7. The highest BCUT2D eigenvalue weighted by Crippen LogP contribution is 2.33. The molecule has 0 radical (unpaired) electrons. The molecule has 0 saturated heterocycles. The fourth-order valence-corrected chi connectivity index (χ4v) is 4.21. The zero-order valence-corrected chi connectivity index (χ0v) is 21.2. The van der Waals surface area contributed by atoms with Gasteiger partial charge in [-0.05, 0) is 62.2 Å². The minimum absolute atomic E-state index is 0.0155. The van der Waals surface area contributed by atoms with E-state index in [1.807, 2.05) is 6.92 Å². The zero-order valence-electron chi connectivity index (χ0n) is 21.2. The van der Waals surface area contributed by atoms with Gasteiger partial charge in [0.25, 0.3) is 5.91 Å². The molecule has 2 aromatic rings. The van der Waals surface area contributed by atoms with Gasteiger partial charge in [-0.1, -0.05) is 6.92 Å². The molecule has 0 spiro atoms. The summed E-state index contributed by atoms with van der Waals surface area (Å²) in [7, 11) is 1.63.